The molecule has 1 aromatic heterocycles. The number of hydrogen-bond acceptors (Lipinski definition) is 1. The maximum atomic E-state index is 4.67. The van der Waals surface area contributed by atoms with Gasteiger partial charge in [0, 0.05) is 11.1 Å². The first-order chi connectivity index (χ1) is 16.4. The van der Waals surface area contributed by atoms with Gasteiger partial charge in [0.2, 0.25) is 0 Å². The highest BCUT2D eigenvalue weighted by molar-refractivity contribution is 5.86. The topological polar surface area (TPSA) is 12.9 Å². The van der Waals surface area contributed by atoms with Crippen LogP contribution in [0.2, 0.25) is 0 Å². The molecule has 0 radical (unpaired) electrons. The zero-order valence-electron chi connectivity index (χ0n) is 24.0. The van der Waals surface area contributed by atoms with E-state index in [2.05, 4.69) is 107 Å². The van der Waals surface area contributed by atoms with Gasteiger partial charge >= 0.3 is 0 Å². The van der Waals surface area contributed by atoms with Crippen LogP contribution in [0, 0.1) is 13.8 Å². The molecule has 0 aliphatic rings. The molecular formula is C33H49N. The first-order valence-corrected chi connectivity index (χ1v) is 13.2. The van der Waals surface area contributed by atoms with E-state index in [1.807, 2.05) is 47.6 Å². The fraction of sp³-hybridized carbons (Fsp3) is 0.424. The number of pyridine rings is 1. The van der Waals surface area contributed by atoms with Crippen molar-refractivity contribution >= 4 is 21.7 Å². The standard InChI is InChI=1S/C14H16.C13H15N.3C2H6/c1-10(2)13-9-8-12-6-4-5-7-14(12)11(13)3;1-9(2)13-10(3)8-11-6-4-5-7-12(11)14-13;3*1-2/h4-10H,1-3H3;4-9H,1-3H3;3*1-2H3. The number of hydrogen-bond donors (Lipinski definition) is 0. The Morgan fingerprint density at radius 2 is 1.12 bits per heavy atom. The molecule has 1 heteroatoms. The molecule has 3 aromatic carbocycles. The Kier molecular flexibility index (Phi) is 15.5. The Balaban J connectivity index is 0.000000526. The van der Waals surface area contributed by atoms with Gasteiger partial charge in [-0.05, 0) is 65.3 Å². The molecule has 0 unspecified atom stereocenters. The van der Waals surface area contributed by atoms with Gasteiger partial charge in [-0.2, -0.15) is 0 Å². The van der Waals surface area contributed by atoms with Crippen molar-refractivity contribution in [3.8, 4) is 0 Å². The van der Waals surface area contributed by atoms with Gasteiger partial charge in [-0.25, -0.2) is 0 Å². The molecule has 0 amide bonds. The van der Waals surface area contributed by atoms with Gasteiger partial charge in [0.1, 0.15) is 0 Å². The molecule has 0 saturated heterocycles. The van der Waals surface area contributed by atoms with Gasteiger partial charge in [-0.3, -0.25) is 4.98 Å². The number of aromatic nitrogens is 1. The average molecular weight is 460 g/mol. The summed E-state index contributed by atoms with van der Waals surface area (Å²) in [6.45, 7) is 25.2. The molecule has 34 heavy (non-hydrogen) atoms. The van der Waals surface area contributed by atoms with E-state index in [0.717, 1.165) is 5.52 Å². The smallest absolute Gasteiger partial charge is 0.0705 e. The van der Waals surface area contributed by atoms with Crippen LogP contribution in [0.3, 0.4) is 0 Å². The van der Waals surface area contributed by atoms with E-state index in [9.17, 15) is 0 Å². The lowest BCUT2D eigenvalue weighted by molar-refractivity contribution is 0.819. The Morgan fingerprint density at radius 1 is 0.588 bits per heavy atom. The van der Waals surface area contributed by atoms with Crippen LogP contribution in [-0.4, -0.2) is 4.98 Å². The Hall–Kier alpha value is -2.67. The Labute approximate surface area is 210 Å². The van der Waals surface area contributed by atoms with Gasteiger partial charge < -0.3 is 0 Å². The lowest BCUT2D eigenvalue weighted by Gasteiger charge is -2.12. The highest BCUT2D eigenvalue weighted by Crippen LogP contribution is 2.26. The second-order valence-electron chi connectivity index (χ2n) is 8.19. The van der Waals surface area contributed by atoms with E-state index in [0.29, 0.717) is 11.8 Å². The average Bonchev–Trinajstić information content (AvgIpc) is 2.87. The Morgan fingerprint density at radius 3 is 1.68 bits per heavy atom. The van der Waals surface area contributed by atoms with Crippen molar-refractivity contribution in [3.63, 3.8) is 0 Å². The molecule has 0 fully saturated rings. The second kappa shape index (κ2) is 16.9. The summed E-state index contributed by atoms with van der Waals surface area (Å²) in [5.41, 5.74) is 6.49. The number of fused-ring (bicyclic) bond motifs is 2. The van der Waals surface area contributed by atoms with Gasteiger partial charge in [-0.1, -0.05) is 124 Å². The highest BCUT2D eigenvalue weighted by Gasteiger charge is 2.07. The van der Waals surface area contributed by atoms with Crippen molar-refractivity contribution in [2.75, 3.05) is 0 Å². The van der Waals surface area contributed by atoms with E-state index in [1.165, 1.54) is 38.5 Å². The van der Waals surface area contributed by atoms with E-state index in [1.54, 1.807) is 0 Å². The number of rotatable bonds is 2. The first-order valence-electron chi connectivity index (χ1n) is 13.2. The number of nitrogens with zero attached hydrogens (tertiary/aromatic N) is 1. The van der Waals surface area contributed by atoms with Crippen molar-refractivity contribution < 1.29 is 0 Å². The quantitative estimate of drug-likeness (QED) is 0.290. The summed E-state index contributed by atoms with van der Waals surface area (Å²) >= 11 is 0. The minimum absolute atomic E-state index is 0.500. The minimum Gasteiger partial charge on any atom is -0.252 e. The van der Waals surface area contributed by atoms with Crippen LogP contribution in [0.5, 0.6) is 0 Å². The molecular weight excluding hydrogens is 410 g/mol. The third-order valence-corrected chi connectivity index (χ3v) is 5.36. The summed E-state index contributed by atoms with van der Waals surface area (Å²) < 4.78 is 0. The summed E-state index contributed by atoms with van der Waals surface area (Å²) in [5, 5.41) is 3.96. The predicted molar refractivity (Wildman–Crippen MR) is 157 cm³/mol. The molecule has 1 heterocycles. The monoisotopic (exact) mass is 459 g/mol. The van der Waals surface area contributed by atoms with Crippen molar-refractivity contribution in [1.29, 1.82) is 0 Å². The fourth-order valence-electron chi connectivity index (χ4n) is 3.89. The van der Waals surface area contributed by atoms with Gasteiger partial charge in [0.15, 0.2) is 0 Å². The molecule has 0 atom stereocenters. The van der Waals surface area contributed by atoms with Crippen molar-refractivity contribution in [1.82, 2.24) is 4.98 Å². The molecule has 0 N–H and O–H groups in total. The summed E-state index contributed by atoms with van der Waals surface area (Å²) in [4.78, 5) is 4.67. The van der Waals surface area contributed by atoms with Crippen LogP contribution in [0.25, 0.3) is 21.7 Å². The summed E-state index contributed by atoms with van der Waals surface area (Å²) in [6, 6.07) is 23.5. The molecule has 1 nitrogen and oxygen atoms in total. The van der Waals surface area contributed by atoms with Crippen LogP contribution in [0.15, 0.2) is 66.7 Å². The third kappa shape index (κ3) is 8.60. The van der Waals surface area contributed by atoms with E-state index >= 15 is 0 Å². The normalized spacial score (nSPS) is 9.71. The molecule has 0 spiro atoms. The zero-order chi connectivity index (χ0) is 26.3. The number of benzene rings is 3. The molecule has 0 bridgehead atoms. The van der Waals surface area contributed by atoms with Gasteiger partial charge in [0.05, 0.1) is 5.52 Å². The second-order valence-corrected chi connectivity index (χ2v) is 8.19. The van der Waals surface area contributed by atoms with Crippen LogP contribution in [0.1, 0.15) is 103 Å². The summed E-state index contributed by atoms with van der Waals surface area (Å²) in [5.74, 6) is 1.11. The van der Waals surface area contributed by atoms with Gasteiger partial charge in [-0.15, -0.1) is 0 Å². The molecule has 0 aliphatic heterocycles. The van der Waals surface area contributed by atoms with Crippen LogP contribution < -0.4 is 0 Å². The van der Waals surface area contributed by atoms with Crippen LogP contribution in [0.4, 0.5) is 0 Å². The van der Waals surface area contributed by atoms with E-state index in [-0.39, 0.29) is 0 Å². The van der Waals surface area contributed by atoms with Crippen LogP contribution >= 0.6 is 0 Å². The minimum atomic E-state index is 0.500. The SMILES string of the molecule is CC.CC.CC.Cc1c(C(C)C)ccc2ccccc12.Cc1cc2ccccc2nc1C(C)C. The molecule has 0 saturated carbocycles. The summed E-state index contributed by atoms with van der Waals surface area (Å²) in [6.07, 6.45) is 0. The van der Waals surface area contributed by atoms with Crippen molar-refractivity contribution in [2.24, 2.45) is 0 Å². The van der Waals surface area contributed by atoms with Crippen molar-refractivity contribution in [2.45, 2.75) is 94.9 Å². The number of aryl methyl sites for hydroxylation is 2. The van der Waals surface area contributed by atoms with E-state index < -0.39 is 0 Å². The van der Waals surface area contributed by atoms with Gasteiger partial charge in [0.25, 0.3) is 0 Å². The molecule has 186 valence electrons. The zero-order valence-corrected chi connectivity index (χ0v) is 24.0. The first kappa shape index (κ1) is 31.3. The van der Waals surface area contributed by atoms with E-state index in [4.69, 9.17) is 0 Å². The predicted octanol–water partition coefficient (Wildman–Crippen LogP) is 11.0. The lowest BCUT2D eigenvalue weighted by Crippen LogP contribution is -1.96. The largest absolute Gasteiger partial charge is 0.252 e. The summed E-state index contributed by atoms with van der Waals surface area (Å²) in [7, 11) is 0. The lowest BCUT2D eigenvalue weighted by atomic mass is 9.93. The maximum Gasteiger partial charge on any atom is 0.0705 e. The third-order valence-electron chi connectivity index (χ3n) is 5.36. The fourth-order valence-corrected chi connectivity index (χ4v) is 3.89. The maximum absolute atomic E-state index is 4.67. The van der Waals surface area contributed by atoms with Crippen LogP contribution in [-0.2, 0) is 0 Å². The molecule has 4 aromatic rings. The Bertz CT molecular complexity index is 1080. The number of para-hydroxylation sites is 1. The molecule has 4 rings (SSSR count). The highest BCUT2D eigenvalue weighted by atomic mass is 14.7. The molecule has 0 aliphatic carbocycles. The van der Waals surface area contributed by atoms with Crippen molar-refractivity contribution in [3.05, 3.63) is 89.1 Å².